The van der Waals surface area contributed by atoms with E-state index in [1.165, 1.54) is 0 Å². The molecule has 0 amide bonds. The molecule has 2 aromatic carbocycles. The number of nitrogen functional groups attached to an aromatic ring is 1. The Labute approximate surface area is 119 Å². The Bertz CT molecular complexity index is 608. The molecule has 0 aromatic heterocycles. The fourth-order valence-electron chi connectivity index (χ4n) is 1.69. The van der Waals surface area contributed by atoms with Crippen molar-refractivity contribution in [1.82, 2.24) is 0 Å². The molecule has 0 atom stereocenters. The first-order chi connectivity index (χ1) is 8.49. The predicted molar refractivity (Wildman–Crippen MR) is 78.2 cm³/mol. The SMILES string of the molecule is Cc1c(N)cc(Br)cc1C(=O)c1ccc(Cl)cc1. The molecule has 18 heavy (non-hydrogen) atoms. The Morgan fingerprint density at radius 3 is 2.44 bits per heavy atom. The molecule has 2 nitrogen and oxygen atoms in total. The maximum atomic E-state index is 12.4. The summed E-state index contributed by atoms with van der Waals surface area (Å²) in [5.41, 5.74) is 8.45. The third-order valence-corrected chi connectivity index (χ3v) is 3.47. The average molecular weight is 325 g/mol. The molecule has 0 radical (unpaired) electrons. The highest BCUT2D eigenvalue weighted by Crippen LogP contribution is 2.25. The Morgan fingerprint density at radius 1 is 1.22 bits per heavy atom. The fraction of sp³-hybridized carbons (Fsp3) is 0.0714. The molecule has 0 unspecified atom stereocenters. The number of hydrogen-bond acceptors (Lipinski definition) is 2. The summed E-state index contributed by atoms with van der Waals surface area (Å²) in [5, 5.41) is 0.608. The third-order valence-electron chi connectivity index (χ3n) is 2.76. The molecular weight excluding hydrogens is 314 g/mol. The second-order valence-electron chi connectivity index (χ2n) is 4.00. The lowest BCUT2D eigenvalue weighted by atomic mass is 9.98. The third kappa shape index (κ3) is 2.57. The van der Waals surface area contributed by atoms with Crippen LogP contribution in [0.5, 0.6) is 0 Å². The van der Waals surface area contributed by atoms with Gasteiger partial charge in [0.15, 0.2) is 5.78 Å². The van der Waals surface area contributed by atoms with Gasteiger partial charge in [0, 0.05) is 26.3 Å². The van der Waals surface area contributed by atoms with Crippen LogP contribution in [-0.4, -0.2) is 5.78 Å². The highest BCUT2D eigenvalue weighted by molar-refractivity contribution is 9.10. The molecule has 0 aliphatic rings. The van der Waals surface area contributed by atoms with Gasteiger partial charge in [0.25, 0.3) is 0 Å². The number of carbonyl (C=O) groups excluding carboxylic acids is 1. The minimum absolute atomic E-state index is 0.0582. The van der Waals surface area contributed by atoms with E-state index in [-0.39, 0.29) is 5.78 Å². The van der Waals surface area contributed by atoms with Crippen molar-refractivity contribution in [3.63, 3.8) is 0 Å². The van der Waals surface area contributed by atoms with Crippen LogP contribution in [0.25, 0.3) is 0 Å². The van der Waals surface area contributed by atoms with Crippen molar-refractivity contribution in [3.05, 3.63) is 62.6 Å². The van der Waals surface area contributed by atoms with E-state index in [2.05, 4.69) is 15.9 Å². The van der Waals surface area contributed by atoms with Crippen LogP contribution in [0.1, 0.15) is 21.5 Å². The zero-order valence-corrected chi connectivity index (χ0v) is 12.0. The van der Waals surface area contributed by atoms with Crippen LogP contribution in [0.15, 0.2) is 40.9 Å². The minimum Gasteiger partial charge on any atom is -0.398 e. The maximum Gasteiger partial charge on any atom is 0.193 e. The van der Waals surface area contributed by atoms with Gasteiger partial charge in [-0.1, -0.05) is 27.5 Å². The molecular formula is C14H11BrClNO. The summed E-state index contributed by atoms with van der Waals surface area (Å²) in [7, 11) is 0. The van der Waals surface area contributed by atoms with Gasteiger partial charge in [0.2, 0.25) is 0 Å². The summed E-state index contributed by atoms with van der Waals surface area (Å²) in [5.74, 6) is -0.0582. The summed E-state index contributed by atoms with van der Waals surface area (Å²) in [4.78, 5) is 12.4. The van der Waals surface area contributed by atoms with E-state index in [0.29, 0.717) is 21.8 Å². The van der Waals surface area contributed by atoms with Gasteiger partial charge in [-0.05, 0) is 48.9 Å². The molecule has 0 aliphatic heterocycles. The molecule has 0 aliphatic carbocycles. The van der Waals surface area contributed by atoms with Gasteiger partial charge in [0.05, 0.1) is 0 Å². The number of benzene rings is 2. The second-order valence-corrected chi connectivity index (χ2v) is 5.36. The Kier molecular flexibility index (Phi) is 3.73. The van der Waals surface area contributed by atoms with Gasteiger partial charge in [-0.15, -0.1) is 0 Å². The molecule has 0 saturated carbocycles. The molecule has 0 saturated heterocycles. The molecule has 0 bridgehead atoms. The van der Waals surface area contributed by atoms with E-state index in [9.17, 15) is 4.79 Å². The first-order valence-corrected chi connectivity index (χ1v) is 6.52. The van der Waals surface area contributed by atoms with E-state index >= 15 is 0 Å². The normalized spacial score (nSPS) is 10.4. The second kappa shape index (κ2) is 5.12. The molecule has 0 heterocycles. The van der Waals surface area contributed by atoms with E-state index in [0.717, 1.165) is 10.0 Å². The summed E-state index contributed by atoms with van der Waals surface area (Å²) in [6.07, 6.45) is 0. The first-order valence-electron chi connectivity index (χ1n) is 5.35. The topological polar surface area (TPSA) is 43.1 Å². The molecule has 2 N–H and O–H groups in total. The number of ketones is 1. The van der Waals surface area contributed by atoms with Crippen molar-refractivity contribution in [3.8, 4) is 0 Å². The molecule has 2 aromatic rings. The average Bonchev–Trinajstić information content (AvgIpc) is 2.34. The zero-order valence-electron chi connectivity index (χ0n) is 9.71. The number of halogens is 2. The van der Waals surface area contributed by atoms with Crippen LogP contribution >= 0.6 is 27.5 Å². The van der Waals surface area contributed by atoms with Gasteiger partial charge < -0.3 is 5.73 Å². The summed E-state index contributed by atoms with van der Waals surface area (Å²) in [6.45, 7) is 1.84. The van der Waals surface area contributed by atoms with Gasteiger partial charge in [-0.3, -0.25) is 4.79 Å². The summed E-state index contributed by atoms with van der Waals surface area (Å²) < 4.78 is 0.794. The number of carbonyl (C=O) groups is 1. The summed E-state index contributed by atoms with van der Waals surface area (Å²) >= 11 is 9.15. The zero-order chi connectivity index (χ0) is 13.3. The van der Waals surface area contributed by atoms with Crippen LogP contribution in [0, 0.1) is 6.92 Å². The quantitative estimate of drug-likeness (QED) is 0.664. The van der Waals surface area contributed by atoms with Crippen molar-refractivity contribution in [2.75, 3.05) is 5.73 Å². The number of rotatable bonds is 2. The minimum atomic E-state index is -0.0582. The Hall–Kier alpha value is -1.32. The van der Waals surface area contributed by atoms with Crippen LogP contribution < -0.4 is 5.73 Å². The predicted octanol–water partition coefficient (Wildman–Crippen LogP) is 4.22. The van der Waals surface area contributed by atoms with Gasteiger partial charge in [-0.25, -0.2) is 0 Å². The van der Waals surface area contributed by atoms with Crippen LogP contribution in [0.3, 0.4) is 0 Å². The van der Waals surface area contributed by atoms with E-state index < -0.39 is 0 Å². The lowest BCUT2D eigenvalue weighted by molar-refractivity contribution is 0.103. The summed E-state index contributed by atoms with van der Waals surface area (Å²) in [6, 6.07) is 10.4. The smallest absolute Gasteiger partial charge is 0.193 e. The standard InChI is InChI=1S/C14H11BrClNO/c1-8-12(6-10(15)7-13(8)17)14(18)9-2-4-11(16)5-3-9/h2-7H,17H2,1H3. The van der Waals surface area contributed by atoms with Gasteiger partial charge in [0.1, 0.15) is 0 Å². The molecule has 0 fully saturated rings. The van der Waals surface area contributed by atoms with E-state index in [1.807, 2.05) is 6.92 Å². The van der Waals surface area contributed by atoms with Crippen molar-refractivity contribution < 1.29 is 4.79 Å². The Balaban J connectivity index is 2.49. The van der Waals surface area contributed by atoms with Gasteiger partial charge in [-0.2, -0.15) is 0 Å². The van der Waals surface area contributed by atoms with E-state index in [4.69, 9.17) is 17.3 Å². The van der Waals surface area contributed by atoms with Crippen LogP contribution in [-0.2, 0) is 0 Å². The van der Waals surface area contributed by atoms with Crippen molar-refractivity contribution in [1.29, 1.82) is 0 Å². The molecule has 2 rings (SSSR count). The van der Waals surface area contributed by atoms with Crippen LogP contribution in [0.4, 0.5) is 5.69 Å². The number of anilines is 1. The van der Waals surface area contributed by atoms with Crippen molar-refractivity contribution in [2.24, 2.45) is 0 Å². The van der Waals surface area contributed by atoms with Crippen molar-refractivity contribution in [2.45, 2.75) is 6.92 Å². The fourth-order valence-corrected chi connectivity index (χ4v) is 2.29. The highest BCUT2D eigenvalue weighted by Gasteiger charge is 2.14. The number of nitrogens with two attached hydrogens (primary N) is 1. The molecule has 4 heteroatoms. The lowest BCUT2D eigenvalue weighted by Crippen LogP contribution is -2.05. The van der Waals surface area contributed by atoms with Crippen molar-refractivity contribution >= 4 is 39.0 Å². The lowest BCUT2D eigenvalue weighted by Gasteiger charge is -2.09. The monoisotopic (exact) mass is 323 g/mol. The number of hydrogen-bond donors (Lipinski definition) is 1. The van der Waals surface area contributed by atoms with E-state index in [1.54, 1.807) is 36.4 Å². The van der Waals surface area contributed by atoms with Crippen LogP contribution in [0.2, 0.25) is 5.02 Å². The molecule has 0 spiro atoms. The Morgan fingerprint density at radius 2 is 1.83 bits per heavy atom. The highest BCUT2D eigenvalue weighted by atomic mass is 79.9. The molecule has 92 valence electrons. The maximum absolute atomic E-state index is 12.4. The largest absolute Gasteiger partial charge is 0.398 e. The first kappa shape index (κ1) is 13.1. The van der Waals surface area contributed by atoms with Gasteiger partial charge >= 0.3 is 0 Å².